The van der Waals surface area contributed by atoms with E-state index in [1.807, 2.05) is 37.3 Å². The molecule has 1 heterocycles. The maximum absolute atomic E-state index is 12.7. The molecule has 0 amide bonds. The van der Waals surface area contributed by atoms with Crippen molar-refractivity contribution in [3.8, 4) is 5.75 Å². The van der Waals surface area contributed by atoms with Gasteiger partial charge < -0.3 is 4.74 Å². The van der Waals surface area contributed by atoms with Crippen LogP contribution in [0.15, 0.2) is 54.6 Å². The summed E-state index contributed by atoms with van der Waals surface area (Å²) in [5.74, 6) is 0.640. The number of methoxy groups -OCH3 is 1. The number of benzene rings is 2. The number of ether oxygens (including phenoxy) is 1. The number of nitrogens with zero attached hydrogens (tertiary/aromatic N) is 1. The number of pyridine rings is 1. The summed E-state index contributed by atoms with van der Waals surface area (Å²) in [5, 5.41) is 0.886. The van der Waals surface area contributed by atoms with Gasteiger partial charge in [0.05, 0.1) is 24.1 Å². The molecule has 0 saturated heterocycles. The molecular formula is C19H19NO3S. The Morgan fingerprint density at radius 2 is 1.79 bits per heavy atom. The number of rotatable bonds is 5. The van der Waals surface area contributed by atoms with Gasteiger partial charge in [0.1, 0.15) is 5.75 Å². The molecule has 0 spiro atoms. The molecule has 3 rings (SSSR count). The fourth-order valence-corrected chi connectivity index (χ4v) is 4.32. The van der Waals surface area contributed by atoms with E-state index in [0.717, 1.165) is 27.7 Å². The Labute approximate surface area is 142 Å². The Hall–Kier alpha value is -2.40. The highest BCUT2D eigenvalue weighted by Crippen LogP contribution is 2.22. The van der Waals surface area contributed by atoms with Gasteiger partial charge in [-0.2, -0.15) is 0 Å². The third-order valence-electron chi connectivity index (χ3n) is 3.83. The summed E-state index contributed by atoms with van der Waals surface area (Å²) in [6.45, 7) is 1.88. The van der Waals surface area contributed by atoms with Crippen molar-refractivity contribution in [1.82, 2.24) is 4.98 Å². The Morgan fingerprint density at radius 3 is 2.58 bits per heavy atom. The van der Waals surface area contributed by atoms with Crippen molar-refractivity contribution >= 4 is 20.7 Å². The quantitative estimate of drug-likeness (QED) is 0.710. The minimum Gasteiger partial charge on any atom is -0.497 e. The highest BCUT2D eigenvalue weighted by Gasteiger charge is 2.16. The van der Waals surface area contributed by atoms with E-state index < -0.39 is 9.84 Å². The monoisotopic (exact) mass is 341 g/mol. The first kappa shape index (κ1) is 16.5. The van der Waals surface area contributed by atoms with Crippen LogP contribution < -0.4 is 4.74 Å². The molecule has 24 heavy (non-hydrogen) atoms. The van der Waals surface area contributed by atoms with Crippen molar-refractivity contribution in [3.63, 3.8) is 0 Å². The number of hydrogen-bond donors (Lipinski definition) is 0. The summed E-state index contributed by atoms with van der Waals surface area (Å²) in [5.41, 5.74) is 3.16. The number of aromatic nitrogens is 1. The van der Waals surface area contributed by atoms with Crippen LogP contribution in [0.4, 0.5) is 0 Å². The van der Waals surface area contributed by atoms with E-state index >= 15 is 0 Å². The van der Waals surface area contributed by atoms with Gasteiger partial charge in [-0.25, -0.2) is 8.42 Å². The van der Waals surface area contributed by atoms with Crippen LogP contribution in [0.25, 0.3) is 10.9 Å². The van der Waals surface area contributed by atoms with Gasteiger partial charge in [-0.3, -0.25) is 4.98 Å². The van der Waals surface area contributed by atoms with E-state index in [2.05, 4.69) is 4.98 Å². The van der Waals surface area contributed by atoms with Gasteiger partial charge in [0.25, 0.3) is 0 Å². The maximum Gasteiger partial charge on any atom is 0.158 e. The minimum atomic E-state index is -3.30. The maximum atomic E-state index is 12.7. The lowest BCUT2D eigenvalue weighted by molar-refractivity contribution is 0.414. The summed E-state index contributed by atoms with van der Waals surface area (Å²) < 4.78 is 30.5. The van der Waals surface area contributed by atoms with Gasteiger partial charge in [0.15, 0.2) is 9.84 Å². The summed E-state index contributed by atoms with van der Waals surface area (Å²) in [7, 11) is -1.74. The molecular weight excluding hydrogens is 322 g/mol. The first-order chi connectivity index (χ1) is 11.5. The molecule has 0 radical (unpaired) electrons. The average molecular weight is 341 g/mol. The van der Waals surface area contributed by atoms with Crippen LogP contribution in [0.3, 0.4) is 0 Å². The summed E-state index contributed by atoms with van der Waals surface area (Å²) in [6, 6.07) is 16.6. The molecule has 0 saturated carbocycles. The fraction of sp³-hybridized carbons (Fsp3) is 0.211. The normalized spacial score (nSPS) is 11.6. The van der Waals surface area contributed by atoms with Crippen molar-refractivity contribution in [2.75, 3.05) is 7.11 Å². The molecule has 5 heteroatoms. The molecule has 0 atom stereocenters. The van der Waals surface area contributed by atoms with Crippen molar-refractivity contribution in [1.29, 1.82) is 0 Å². The lowest BCUT2D eigenvalue weighted by Gasteiger charge is -2.10. The second-order valence-electron chi connectivity index (χ2n) is 5.82. The molecule has 0 unspecified atom stereocenters. The standard InChI is InChI=1S/C19H19NO3S/c1-14-10-16(18-8-3-4-9-19(18)20-14)13-24(21,22)12-15-6-5-7-17(11-15)23-2/h3-11H,12-13H2,1-2H3. The molecule has 0 N–H and O–H groups in total. The van der Waals surface area contributed by atoms with Crippen LogP contribution >= 0.6 is 0 Å². The van der Waals surface area contributed by atoms with Crippen molar-refractivity contribution in [3.05, 3.63) is 71.4 Å². The van der Waals surface area contributed by atoms with Crippen LogP contribution in [-0.4, -0.2) is 20.5 Å². The van der Waals surface area contributed by atoms with Crippen LogP contribution in [0.2, 0.25) is 0 Å². The van der Waals surface area contributed by atoms with Crippen LogP contribution in [-0.2, 0) is 21.3 Å². The molecule has 0 fully saturated rings. The fourth-order valence-electron chi connectivity index (χ4n) is 2.82. The predicted octanol–water partition coefficient (Wildman–Crippen LogP) is 3.67. The van der Waals surface area contributed by atoms with E-state index in [0.29, 0.717) is 5.75 Å². The lowest BCUT2D eigenvalue weighted by atomic mass is 10.1. The minimum absolute atomic E-state index is 0.00587. The number of aryl methyl sites for hydroxylation is 1. The largest absolute Gasteiger partial charge is 0.497 e. The van der Waals surface area contributed by atoms with Crippen LogP contribution in [0, 0.1) is 6.92 Å². The summed E-state index contributed by atoms with van der Waals surface area (Å²) >= 11 is 0. The third-order valence-corrected chi connectivity index (χ3v) is 5.35. The van der Waals surface area contributed by atoms with E-state index in [4.69, 9.17) is 4.74 Å². The highest BCUT2D eigenvalue weighted by atomic mass is 32.2. The second-order valence-corrected chi connectivity index (χ2v) is 7.89. The molecule has 0 aliphatic heterocycles. The molecule has 3 aromatic rings. The lowest BCUT2D eigenvalue weighted by Crippen LogP contribution is -2.08. The van der Waals surface area contributed by atoms with Gasteiger partial charge in [0, 0.05) is 11.1 Å². The highest BCUT2D eigenvalue weighted by molar-refractivity contribution is 7.89. The molecule has 124 valence electrons. The first-order valence-electron chi connectivity index (χ1n) is 7.65. The Bertz CT molecular complexity index is 981. The van der Waals surface area contributed by atoms with E-state index in [-0.39, 0.29) is 11.5 Å². The van der Waals surface area contributed by atoms with E-state index in [1.54, 1.807) is 31.4 Å². The Kier molecular flexibility index (Phi) is 4.53. The zero-order valence-corrected chi connectivity index (χ0v) is 14.5. The molecule has 4 nitrogen and oxygen atoms in total. The predicted molar refractivity (Wildman–Crippen MR) is 95.8 cm³/mol. The summed E-state index contributed by atoms with van der Waals surface area (Å²) in [4.78, 5) is 4.46. The van der Waals surface area contributed by atoms with Gasteiger partial charge >= 0.3 is 0 Å². The van der Waals surface area contributed by atoms with Gasteiger partial charge in [-0.1, -0.05) is 30.3 Å². The van der Waals surface area contributed by atoms with E-state index in [9.17, 15) is 8.42 Å². The Balaban J connectivity index is 1.92. The second kappa shape index (κ2) is 6.61. The third kappa shape index (κ3) is 3.74. The smallest absolute Gasteiger partial charge is 0.158 e. The molecule has 0 bridgehead atoms. The summed E-state index contributed by atoms with van der Waals surface area (Å²) in [6.07, 6.45) is 0. The zero-order chi connectivity index (χ0) is 17.2. The van der Waals surface area contributed by atoms with Crippen molar-refractivity contribution in [2.45, 2.75) is 18.4 Å². The molecule has 2 aromatic carbocycles. The number of hydrogen-bond acceptors (Lipinski definition) is 4. The topological polar surface area (TPSA) is 56.3 Å². The van der Waals surface area contributed by atoms with Gasteiger partial charge in [0.2, 0.25) is 0 Å². The molecule has 0 aliphatic carbocycles. The SMILES string of the molecule is COc1cccc(CS(=O)(=O)Cc2cc(C)nc3ccccc23)c1. The number of para-hydroxylation sites is 1. The zero-order valence-electron chi connectivity index (χ0n) is 13.7. The average Bonchev–Trinajstić information content (AvgIpc) is 2.54. The first-order valence-corrected chi connectivity index (χ1v) is 9.47. The van der Waals surface area contributed by atoms with Crippen molar-refractivity contribution in [2.24, 2.45) is 0 Å². The number of fused-ring (bicyclic) bond motifs is 1. The van der Waals surface area contributed by atoms with Crippen LogP contribution in [0.5, 0.6) is 5.75 Å². The van der Waals surface area contributed by atoms with E-state index in [1.165, 1.54) is 0 Å². The Morgan fingerprint density at radius 1 is 1.00 bits per heavy atom. The number of sulfone groups is 1. The van der Waals surface area contributed by atoms with Crippen LogP contribution in [0.1, 0.15) is 16.8 Å². The van der Waals surface area contributed by atoms with Gasteiger partial charge in [-0.15, -0.1) is 0 Å². The van der Waals surface area contributed by atoms with Gasteiger partial charge in [-0.05, 0) is 42.3 Å². The van der Waals surface area contributed by atoms with Crippen molar-refractivity contribution < 1.29 is 13.2 Å². The molecule has 1 aromatic heterocycles. The molecule has 0 aliphatic rings.